The van der Waals surface area contributed by atoms with Gasteiger partial charge in [-0.15, -0.1) is 0 Å². The van der Waals surface area contributed by atoms with Crippen LogP contribution in [0.25, 0.3) is 0 Å². The summed E-state index contributed by atoms with van der Waals surface area (Å²) in [7, 11) is 1.57. The van der Waals surface area contributed by atoms with Crippen LogP contribution in [0.5, 0.6) is 0 Å². The number of carbonyl (C=O) groups excluding carboxylic acids is 1. The van der Waals surface area contributed by atoms with Crippen molar-refractivity contribution in [1.82, 2.24) is 0 Å². The van der Waals surface area contributed by atoms with Gasteiger partial charge in [0.2, 0.25) is 0 Å². The van der Waals surface area contributed by atoms with Gasteiger partial charge < -0.3 is 9.47 Å². The first-order valence-electron chi connectivity index (χ1n) is 6.17. The lowest BCUT2D eigenvalue weighted by Crippen LogP contribution is -2.13. The fraction of sp³-hybridized carbons (Fsp3) is 0.400. The molecule has 1 rings (SSSR count). The molecule has 98 valence electrons. The Labute approximate surface area is 108 Å². The van der Waals surface area contributed by atoms with E-state index in [1.165, 1.54) is 0 Å². The number of allylic oxidation sites excluding steroid dienone is 1. The molecule has 0 saturated carbocycles. The van der Waals surface area contributed by atoms with Gasteiger partial charge >= 0.3 is 5.97 Å². The van der Waals surface area contributed by atoms with Crippen LogP contribution in [0.15, 0.2) is 42.0 Å². The number of carbonyl (C=O) groups is 1. The molecule has 3 nitrogen and oxygen atoms in total. The van der Waals surface area contributed by atoms with Crippen LogP contribution >= 0.6 is 0 Å². The molecule has 0 atom stereocenters. The summed E-state index contributed by atoms with van der Waals surface area (Å²) in [5.74, 6) is -0.283. The highest BCUT2D eigenvalue weighted by molar-refractivity contribution is 5.88. The maximum atomic E-state index is 11.7. The molecule has 0 bridgehead atoms. The van der Waals surface area contributed by atoms with E-state index in [9.17, 15) is 4.79 Å². The number of ether oxygens (including phenoxy) is 2. The van der Waals surface area contributed by atoms with Gasteiger partial charge in [-0.2, -0.15) is 0 Å². The van der Waals surface area contributed by atoms with Gasteiger partial charge in [0.15, 0.2) is 0 Å². The smallest absolute Gasteiger partial charge is 0.336 e. The molecule has 1 aromatic carbocycles. The summed E-state index contributed by atoms with van der Waals surface area (Å²) in [6.45, 7) is 2.71. The van der Waals surface area contributed by atoms with Gasteiger partial charge in [-0.3, -0.25) is 0 Å². The van der Waals surface area contributed by atoms with Gasteiger partial charge in [0.1, 0.15) is 0 Å². The first-order chi connectivity index (χ1) is 8.77. The van der Waals surface area contributed by atoms with Crippen molar-refractivity contribution in [2.75, 3.05) is 20.3 Å². The molecule has 0 aromatic heterocycles. The average Bonchev–Trinajstić information content (AvgIpc) is 2.42. The second kappa shape index (κ2) is 8.48. The van der Waals surface area contributed by atoms with E-state index in [1.54, 1.807) is 7.11 Å². The molecular weight excluding hydrogens is 228 g/mol. The lowest BCUT2D eigenvalue weighted by molar-refractivity contribution is -0.139. The molecule has 0 spiro atoms. The molecule has 18 heavy (non-hydrogen) atoms. The van der Waals surface area contributed by atoms with Gasteiger partial charge in [-0.1, -0.05) is 43.3 Å². The molecule has 0 saturated heterocycles. The van der Waals surface area contributed by atoms with Crippen LogP contribution < -0.4 is 0 Å². The minimum Gasteiger partial charge on any atom is -0.462 e. The van der Waals surface area contributed by atoms with Crippen molar-refractivity contribution in [2.45, 2.75) is 19.8 Å². The van der Waals surface area contributed by atoms with E-state index in [0.717, 1.165) is 12.0 Å². The number of rotatable bonds is 7. The predicted octanol–water partition coefficient (Wildman–Crippen LogP) is 2.76. The number of esters is 1. The second-order valence-corrected chi connectivity index (χ2v) is 3.99. The molecular formula is C15H20O3. The van der Waals surface area contributed by atoms with Crippen molar-refractivity contribution in [3.05, 3.63) is 47.5 Å². The van der Waals surface area contributed by atoms with Gasteiger partial charge in [-0.25, -0.2) is 4.79 Å². The highest BCUT2D eigenvalue weighted by Crippen LogP contribution is 2.06. The van der Waals surface area contributed by atoms with Crippen LogP contribution in [0.3, 0.4) is 0 Å². The monoisotopic (exact) mass is 248 g/mol. The van der Waals surface area contributed by atoms with Gasteiger partial charge in [-0.05, 0) is 18.4 Å². The van der Waals surface area contributed by atoms with Crippen LogP contribution in [0, 0.1) is 0 Å². The van der Waals surface area contributed by atoms with Crippen molar-refractivity contribution in [1.29, 1.82) is 0 Å². The molecule has 1 aromatic rings. The minimum atomic E-state index is -0.283. The quantitative estimate of drug-likeness (QED) is 0.550. The Balaban J connectivity index is 2.63. The predicted molar refractivity (Wildman–Crippen MR) is 71.4 cm³/mol. The molecule has 0 aliphatic carbocycles. The van der Waals surface area contributed by atoms with E-state index in [2.05, 4.69) is 0 Å². The molecule has 0 radical (unpaired) electrons. The highest BCUT2D eigenvalue weighted by Gasteiger charge is 2.09. The molecule has 0 aliphatic heterocycles. The Bertz CT molecular complexity index is 382. The average molecular weight is 248 g/mol. The lowest BCUT2D eigenvalue weighted by atomic mass is 10.1. The molecule has 0 unspecified atom stereocenters. The van der Waals surface area contributed by atoms with E-state index in [0.29, 0.717) is 18.6 Å². The van der Waals surface area contributed by atoms with Crippen LogP contribution in [0.4, 0.5) is 0 Å². The van der Waals surface area contributed by atoms with Crippen molar-refractivity contribution in [2.24, 2.45) is 0 Å². The van der Waals surface area contributed by atoms with E-state index in [1.807, 2.05) is 43.3 Å². The summed E-state index contributed by atoms with van der Waals surface area (Å²) in [5, 5.41) is 0. The molecule has 3 heteroatoms. The van der Waals surface area contributed by atoms with Crippen molar-refractivity contribution >= 4 is 5.97 Å². The highest BCUT2D eigenvalue weighted by atomic mass is 16.5. The Morgan fingerprint density at radius 2 is 2.00 bits per heavy atom. The molecule has 0 N–H and O–H groups in total. The summed E-state index contributed by atoms with van der Waals surface area (Å²) in [6.07, 6.45) is 3.41. The first kappa shape index (κ1) is 14.5. The van der Waals surface area contributed by atoms with Crippen molar-refractivity contribution in [3.63, 3.8) is 0 Å². The maximum Gasteiger partial charge on any atom is 0.336 e. The topological polar surface area (TPSA) is 35.5 Å². The van der Waals surface area contributed by atoms with E-state index < -0.39 is 0 Å². The van der Waals surface area contributed by atoms with Crippen molar-refractivity contribution < 1.29 is 14.3 Å². The van der Waals surface area contributed by atoms with Crippen LogP contribution in [-0.2, 0) is 20.7 Å². The number of methoxy groups -OCH3 is 1. The largest absolute Gasteiger partial charge is 0.462 e. The number of benzene rings is 1. The van der Waals surface area contributed by atoms with Crippen LogP contribution in [-0.4, -0.2) is 26.3 Å². The normalized spacial score (nSPS) is 11.3. The standard InChI is InChI=1S/C15H20O3/c1-3-11-18-15(16)14(12-17-2)10-9-13-7-5-4-6-8-13/h4-8,10H,3,9,11-12H2,1-2H3. The number of hydrogen-bond acceptors (Lipinski definition) is 3. The van der Waals surface area contributed by atoms with Crippen LogP contribution in [0.1, 0.15) is 18.9 Å². The van der Waals surface area contributed by atoms with Gasteiger partial charge in [0, 0.05) is 7.11 Å². The summed E-state index contributed by atoms with van der Waals surface area (Å²) in [5.41, 5.74) is 1.74. The zero-order valence-electron chi connectivity index (χ0n) is 11.0. The van der Waals surface area contributed by atoms with Crippen LogP contribution in [0.2, 0.25) is 0 Å². The zero-order chi connectivity index (χ0) is 13.2. The third-order valence-electron chi connectivity index (χ3n) is 2.43. The second-order valence-electron chi connectivity index (χ2n) is 3.99. The third kappa shape index (κ3) is 5.15. The summed E-state index contributed by atoms with van der Waals surface area (Å²) in [6, 6.07) is 9.98. The van der Waals surface area contributed by atoms with E-state index >= 15 is 0 Å². The summed E-state index contributed by atoms with van der Waals surface area (Å²) < 4.78 is 10.1. The van der Waals surface area contributed by atoms with Gasteiger partial charge in [0.25, 0.3) is 0 Å². The molecule has 0 fully saturated rings. The third-order valence-corrected chi connectivity index (χ3v) is 2.43. The Morgan fingerprint density at radius 1 is 1.28 bits per heavy atom. The Kier molecular flexibility index (Phi) is 6.81. The van der Waals surface area contributed by atoms with E-state index in [4.69, 9.17) is 9.47 Å². The van der Waals surface area contributed by atoms with E-state index in [-0.39, 0.29) is 12.6 Å². The Hall–Kier alpha value is -1.61. The zero-order valence-corrected chi connectivity index (χ0v) is 11.0. The maximum absolute atomic E-state index is 11.7. The lowest BCUT2D eigenvalue weighted by Gasteiger charge is -2.07. The van der Waals surface area contributed by atoms with Crippen molar-refractivity contribution in [3.8, 4) is 0 Å². The SMILES string of the molecule is CCCOC(=O)C(=CCc1ccccc1)COC. The number of hydrogen-bond donors (Lipinski definition) is 0. The Morgan fingerprint density at radius 3 is 2.61 bits per heavy atom. The molecule has 0 amide bonds. The van der Waals surface area contributed by atoms with Gasteiger partial charge in [0.05, 0.1) is 18.8 Å². The summed E-state index contributed by atoms with van der Waals surface area (Å²) >= 11 is 0. The summed E-state index contributed by atoms with van der Waals surface area (Å²) in [4.78, 5) is 11.7. The fourth-order valence-corrected chi connectivity index (χ4v) is 1.50. The first-order valence-corrected chi connectivity index (χ1v) is 6.17. The fourth-order valence-electron chi connectivity index (χ4n) is 1.50. The molecule has 0 aliphatic rings. The minimum absolute atomic E-state index is 0.283. The molecule has 0 heterocycles.